The molecule has 3 rings (SSSR count). The fraction of sp³-hybridized carbons (Fsp3) is 0.667. The lowest BCUT2D eigenvalue weighted by molar-refractivity contribution is 0.280. The predicted octanol–water partition coefficient (Wildman–Crippen LogP) is 3.89. The van der Waals surface area contributed by atoms with E-state index >= 15 is 0 Å². The summed E-state index contributed by atoms with van der Waals surface area (Å²) in [5.74, 6) is 2.59. The Morgan fingerprint density at radius 1 is 1.30 bits per heavy atom. The lowest BCUT2D eigenvalue weighted by atomic mass is 9.86. The van der Waals surface area contributed by atoms with Crippen LogP contribution in [0.5, 0.6) is 5.75 Å². The minimum Gasteiger partial charge on any atom is -0.493 e. The SMILES string of the molecule is CCCNC1CCC(c2cccc3c2OCCC3)C1C. The average Bonchev–Trinajstić information content (AvgIpc) is 2.85. The normalized spacial score (nSPS) is 29.0. The number of rotatable bonds is 4. The number of hydrogen-bond donors (Lipinski definition) is 1. The topological polar surface area (TPSA) is 21.3 Å². The average molecular weight is 273 g/mol. The highest BCUT2D eigenvalue weighted by atomic mass is 16.5. The van der Waals surface area contributed by atoms with Gasteiger partial charge >= 0.3 is 0 Å². The van der Waals surface area contributed by atoms with Gasteiger partial charge in [0.05, 0.1) is 6.61 Å². The van der Waals surface area contributed by atoms with Crippen LogP contribution in [0.25, 0.3) is 0 Å². The first-order valence-electron chi connectivity index (χ1n) is 8.29. The molecule has 0 bridgehead atoms. The number of ether oxygens (including phenoxy) is 1. The van der Waals surface area contributed by atoms with Crippen LogP contribution >= 0.6 is 0 Å². The monoisotopic (exact) mass is 273 g/mol. The van der Waals surface area contributed by atoms with E-state index in [0.717, 1.165) is 19.6 Å². The summed E-state index contributed by atoms with van der Waals surface area (Å²) in [5.41, 5.74) is 2.89. The molecule has 2 aliphatic rings. The van der Waals surface area contributed by atoms with Crippen molar-refractivity contribution in [2.75, 3.05) is 13.2 Å². The van der Waals surface area contributed by atoms with E-state index in [1.165, 1.54) is 42.6 Å². The molecule has 2 nitrogen and oxygen atoms in total. The zero-order valence-electron chi connectivity index (χ0n) is 12.8. The van der Waals surface area contributed by atoms with Gasteiger partial charge in [0.25, 0.3) is 0 Å². The van der Waals surface area contributed by atoms with Crippen molar-refractivity contribution in [1.29, 1.82) is 0 Å². The summed E-state index contributed by atoms with van der Waals surface area (Å²) in [6.07, 6.45) is 6.16. The Balaban J connectivity index is 1.80. The van der Waals surface area contributed by atoms with Gasteiger partial charge < -0.3 is 10.1 Å². The summed E-state index contributed by atoms with van der Waals surface area (Å²) >= 11 is 0. The highest BCUT2D eigenvalue weighted by molar-refractivity contribution is 5.45. The molecule has 1 heterocycles. The molecular weight excluding hydrogens is 246 g/mol. The van der Waals surface area contributed by atoms with Crippen molar-refractivity contribution in [2.45, 2.75) is 57.9 Å². The molecule has 0 radical (unpaired) electrons. The molecule has 1 saturated carbocycles. The molecule has 1 aliphatic carbocycles. The fourth-order valence-corrected chi connectivity index (χ4v) is 3.93. The predicted molar refractivity (Wildman–Crippen MR) is 83.5 cm³/mol. The van der Waals surface area contributed by atoms with Gasteiger partial charge in [0.1, 0.15) is 5.75 Å². The maximum Gasteiger partial charge on any atom is 0.125 e. The number of para-hydroxylation sites is 1. The second-order valence-corrected chi connectivity index (χ2v) is 6.39. The van der Waals surface area contributed by atoms with Crippen LogP contribution in [0.2, 0.25) is 0 Å². The maximum absolute atomic E-state index is 6.01. The summed E-state index contributed by atoms with van der Waals surface area (Å²) in [6, 6.07) is 7.44. The lowest BCUT2D eigenvalue weighted by Gasteiger charge is -2.27. The Hall–Kier alpha value is -1.02. The third-order valence-corrected chi connectivity index (χ3v) is 5.08. The Kier molecular flexibility index (Phi) is 4.30. The van der Waals surface area contributed by atoms with E-state index in [-0.39, 0.29) is 0 Å². The van der Waals surface area contributed by atoms with Crippen LogP contribution in [0.15, 0.2) is 18.2 Å². The van der Waals surface area contributed by atoms with E-state index in [4.69, 9.17) is 4.74 Å². The van der Waals surface area contributed by atoms with E-state index in [2.05, 4.69) is 37.4 Å². The first-order valence-corrected chi connectivity index (χ1v) is 8.29. The Bertz CT molecular complexity index is 457. The fourth-order valence-electron chi connectivity index (χ4n) is 3.93. The third-order valence-electron chi connectivity index (χ3n) is 5.08. The lowest BCUT2D eigenvalue weighted by Crippen LogP contribution is -2.33. The molecule has 1 aliphatic heterocycles. The standard InChI is InChI=1S/C18H27NO/c1-3-11-19-17-10-9-15(13(17)2)16-8-4-6-14-7-5-12-20-18(14)16/h4,6,8,13,15,17,19H,3,5,7,9-12H2,1-2H3. The highest BCUT2D eigenvalue weighted by Crippen LogP contribution is 2.44. The molecule has 20 heavy (non-hydrogen) atoms. The molecule has 3 atom stereocenters. The first-order chi connectivity index (χ1) is 9.81. The Labute approximate surface area is 122 Å². The largest absolute Gasteiger partial charge is 0.493 e. The van der Waals surface area contributed by atoms with E-state index in [1.807, 2.05) is 0 Å². The highest BCUT2D eigenvalue weighted by Gasteiger charge is 2.35. The van der Waals surface area contributed by atoms with E-state index < -0.39 is 0 Å². The molecule has 0 spiro atoms. The van der Waals surface area contributed by atoms with Crippen molar-refractivity contribution in [1.82, 2.24) is 5.32 Å². The van der Waals surface area contributed by atoms with E-state index in [9.17, 15) is 0 Å². The number of benzene rings is 1. The molecule has 3 unspecified atom stereocenters. The van der Waals surface area contributed by atoms with Gasteiger partial charge in [-0.05, 0) is 61.6 Å². The molecule has 1 aromatic carbocycles. The minimum absolute atomic E-state index is 0.664. The van der Waals surface area contributed by atoms with Crippen molar-refractivity contribution < 1.29 is 4.74 Å². The van der Waals surface area contributed by atoms with E-state index in [0.29, 0.717) is 17.9 Å². The van der Waals surface area contributed by atoms with Crippen molar-refractivity contribution >= 4 is 0 Å². The molecule has 0 amide bonds. The number of aryl methyl sites for hydroxylation is 1. The number of hydrogen-bond acceptors (Lipinski definition) is 2. The van der Waals surface area contributed by atoms with E-state index in [1.54, 1.807) is 0 Å². The minimum atomic E-state index is 0.664. The van der Waals surface area contributed by atoms with Crippen LogP contribution in [0.3, 0.4) is 0 Å². The molecule has 2 heteroatoms. The van der Waals surface area contributed by atoms with Crippen LogP contribution < -0.4 is 10.1 Å². The maximum atomic E-state index is 6.01. The van der Waals surface area contributed by atoms with Gasteiger partial charge in [-0.3, -0.25) is 0 Å². The van der Waals surface area contributed by atoms with Crippen LogP contribution in [0, 0.1) is 5.92 Å². The zero-order chi connectivity index (χ0) is 13.9. The molecule has 1 fully saturated rings. The first kappa shape index (κ1) is 13.9. The number of nitrogens with one attached hydrogen (secondary N) is 1. The van der Waals surface area contributed by atoms with Crippen LogP contribution in [-0.4, -0.2) is 19.2 Å². The zero-order valence-corrected chi connectivity index (χ0v) is 12.8. The second kappa shape index (κ2) is 6.17. The Morgan fingerprint density at radius 2 is 2.20 bits per heavy atom. The van der Waals surface area contributed by atoms with Crippen molar-refractivity contribution in [3.05, 3.63) is 29.3 Å². The third kappa shape index (κ3) is 2.58. The molecule has 0 aromatic heterocycles. The number of fused-ring (bicyclic) bond motifs is 1. The van der Waals surface area contributed by atoms with Gasteiger partial charge in [-0.2, -0.15) is 0 Å². The summed E-state index contributed by atoms with van der Waals surface area (Å²) in [7, 11) is 0. The summed E-state index contributed by atoms with van der Waals surface area (Å²) in [5, 5.41) is 3.72. The Morgan fingerprint density at radius 3 is 3.05 bits per heavy atom. The van der Waals surface area contributed by atoms with Crippen LogP contribution in [-0.2, 0) is 6.42 Å². The molecular formula is C18H27NO. The molecule has 110 valence electrons. The quantitative estimate of drug-likeness (QED) is 0.898. The van der Waals surface area contributed by atoms with Gasteiger partial charge in [0.15, 0.2) is 0 Å². The van der Waals surface area contributed by atoms with Crippen LogP contribution in [0.4, 0.5) is 0 Å². The smallest absolute Gasteiger partial charge is 0.125 e. The van der Waals surface area contributed by atoms with Crippen molar-refractivity contribution in [3.8, 4) is 5.75 Å². The van der Waals surface area contributed by atoms with Gasteiger partial charge in [-0.25, -0.2) is 0 Å². The van der Waals surface area contributed by atoms with Gasteiger partial charge in [-0.15, -0.1) is 0 Å². The van der Waals surface area contributed by atoms with Crippen molar-refractivity contribution in [2.24, 2.45) is 5.92 Å². The summed E-state index contributed by atoms with van der Waals surface area (Å²) in [6.45, 7) is 6.69. The summed E-state index contributed by atoms with van der Waals surface area (Å²) < 4.78 is 6.01. The molecule has 1 aromatic rings. The molecule has 0 saturated heterocycles. The van der Waals surface area contributed by atoms with Gasteiger partial charge in [-0.1, -0.05) is 32.0 Å². The van der Waals surface area contributed by atoms with Crippen LogP contribution in [0.1, 0.15) is 56.6 Å². The molecule has 1 N–H and O–H groups in total. The van der Waals surface area contributed by atoms with Gasteiger partial charge in [0, 0.05) is 6.04 Å². The van der Waals surface area contributed by atoms with Gasteiger partial charge in [0.2, 0.25) is 0 Å². The van der Waals surface area contributed by atoms with Crippen molar-refractivity contribution in [3.63, 3.8) is 0 Å². The summed E-state index contributed by atoms with van der Waals surface area (Å²) in [4.78, 5) is 0. The second-order valence-electron chi connectivity index (χ2n) is 6.39.